The zero-order chi connectivity index (χ0) is 18.8. The van der Waals surface area contributed by atoms with Gasteiger partial charge in [0.2, 0.25) is 5.91 Å². The van der Waals surface area contributed by atoms with Crippen molar-refractivity contribution in [3.63, 3.8) is 0 Å². The van der Waals surface area contributed by atoms with Gasteiger partial charge in [-0.2, -0.15) is 0 Å². The molecule has 0 heterocycles. The second kappa shape index (κ2) is 20.9. The third kappa shape index (κ3) is 19.9. The topological polar surface area (TPSA) is 57.6 Å². The number of unbranched alkanes of at least 4 members (excludes halogenated alkanes) is 11. The fourth-order valence-electron chi connectivity index (χ4n) is 2.83. The van der Waals surface area contributed by atoms with Crippen molar-refractivity contribution in [2.24, 2.45) is 0 Å². The van der Waals surface area contributed by atoms with E-state index in [4.69, 9.17) is 5.11 Å². The Hall–Kier alpha value is -0.398. The van der Waals surface area contributed by atoms with Crippen LogP contribution >= 0.6 is 0 Å². The molecule has 0 aliphatic rings. The fourth-order valence-corrected chi connectivity index (χ4v) is 2.83. The minimum atomic E-state index is -0.958. The summed E-state index contributed by atoms with van der Waals surface area (Å²) in [6, 6.07) is 0. The minimum Gasteiger partial charge on any atom is -0.480 e. The molecule has 1 amide bonds. The predicted molar refractivity (Wildman–Crippen MR) is 110 cm³/mol. The Morgan fingerprint density at radius 1 is 0.808 bits per heavy atom. The number of likely N-dealkylation sites (N-methyl/N-ethyl adjacent to an activating group) is 1. The number of hydrogen-bond acceptors (Lipinski definition) is 2. The van der Waals surface area contributed by atoms with E-state index >= 15 is 0 Å². The maximum Gasteiger partial charge on any atom is 0.323 e. The van der Waals surface area contributed by atoms with E-state index in [1.807, 2.05) is 0 Å². The third-order valence-corrected chi connectivity index (χ3v) is 4.45. The van der Waals surface area contributed by atoms with Gasteiger partial charge in [0.25, 0.3) is 0 Å². The molecule has 5 heteroatoms. The van der Waals surface area contributed by atoms with Crippen molar-refractivity contribution in [1.29, 1.82) is 0 Å². The molecule has 150 valence electrons. The first-order valence-electron chi connectivity index (χ1n) is 10.2. The van der Waals surface area contributed by atoms with Gasteiger partial charge in [-0.1, -0.05) is 70.4 Å². The summed E-state index contributed by atoms with van der Waals surface area (Å²) in [5.41, 5.74) is 0. The Morgan fingerprint density at radius 3 is 1.77 bits per heavy atom. The average Bonchev–Trinajstić information content (AvgIpc) is 2.57. The summed E-state index contributed by atoms with van der Waals surface area (Å²) in [7, 11) is 1.55. The zero-order valence-corrected chi connectivity index (χ0v) is 20.9. The molecular formula is C21H39NO3Pb. The van der Waals surface area contributed by atoms with E-state index in [9.17, 15) is 9.59 Å². The van der Waals surface area contributed by atoms with Gasteiger partial charge in [0.1, 0.15) is 6.54 Å². The van der Waals surface area contributed by atoms with Crippen LogP contribution in [0.25, 0.3) is 0 Å². The van der Waals surface area contributed by atoms with Crippen LogP contribution in [0.5, 0.6) is 0 Å². The standard InChI is InChI=1S/C21H39NO3.Pb/c1-3-4-5-6-7-8-9-10-11-12-13-14-15-16-17-18-20(23)22(2)19-21(24)25;/h10-11H,3-9,12-19H2,1-2H3,(H,24,25);/b11-10-;. The van der Waals surface area contributed by atoms with Gasteiger partial charge in [-0.25, -0.2) is 0 Å². The fraction of sp³-hybridized carbons (Fsp3) is 0.810. The molecule has 0 bridgehead atoms. The molecule has 0 atom stereocenters. The van der Waals surface area contributed by atoms with Crippen molar-refractivity contribution in [2.45, 2.75) is 96.8 Å². The van der Waals surface area contributed by atoms with Gasteiger partial charge in [-0.3, -0.25) is 9.59 Å². The molecule has 26 heavy (non-hydrogen) atoms. The second-order valence-electron chi connectivity index (χ2n) is 6.98. The molecular weight excluding hydrogens is 521 g/mol. The summed E-state index contributed by atoms with van der Waals surface area (Å²) < 4.78 is 0. The van der Waals surface area contributed by atoms with Gasteiger partial charge in [0, 0.05) is 40.8 Å². The maximum absolute atomic E-state index is 11.7. The SMILES string of the molecule is CCCCCCCC/C=C\CCCCCCCC(=O)N(C)CC(=O)O.[Pb]. The first-order valence-corrected chi connectivity index (χ1v) is 10.2. The molecule has 0 saturated carbocycles. The van der Waals surface area contributed by atoms with Gasteiger partial charge in [-0.15, -0.1) is 0 Å². The number of aliphatic carboxylic acids is 1. The van der Waals surface area contributed by atoms with Crippen LogP contribution in [0.1, 0.15) is 96.8 Å². The van der Waals surface area contributed by atoms with Crippen molar-refractivity contribution in [2.75, 3.05) is 13.6 Å². The second-order valence-corrected chi connectivity index (χ2v) is 6.98. The van der Waals surface area contributed by atoms with E-state index in [0.717, 1.165) is 25.7 Å². The Balaban J connectivity index is 0. The first-order chi connectivity index (χ1) is 12.1. The largest absolute Gasteiger partial charge is 0.480 e. The number of amides is 1. The molecule has 4 nitrogen and oxygen atoms in total. The van der Waals surface area contributed by atoms with Crippen LogP contribution in [0.3, 0.4) is 0 Å². The molecule has 0 unspecified atom stereocenters. The normalized spacial score (nSPS) is 10.7. The van der Waals surface area contributed by atoms with Crippen molar-refractivity contribution < 1.29 is 14.7 Å². The number of carbonyl (C=O) groups excluding carboxylic acids is 1. The molecule has 0 fully saturated rings. The predicted octanol–water partition coefficient (Wildman–Crippen LogP) is 5.19. The van der Waals surface area contributed by atoms with Crippen molar-refractivity contribution >= 4 is 39.2 Å². The summed E-state index contributed by atoms with van der Waals surface area (Å²) in [6.07, 6.45) is 21.1. The molecule has 4 radical (unpaired) electrons. The van der Waals surface area contributed by atoms with Crippen LogP contribution < -0.4 is 0 Å². The van der Waals surface area contributed by atoms with Crippen LogP contribution in [0.15, 0.2) is 12.2 Å². The minimum absolute atomic E-state index is 0. The average molecular weight is 561 g/mol. The van der Waals surface area contributed by atoms with E-state index in [1.165, 1.54) is 62.7 Å². The number of nitrogens with zero attached hydrogens (tertiary/aromatic N) is 1. The molecule has 0 aliphatic carbocycles. The smallest absolute Gasteiger partial charge is 0.323 e. The number of hydrogen-bond donors (Lipinski definition) is 1. The summed E-state index contributed by atoms with van der Waals surface area (Å²) in [4.78, 5) is 23.5. The first kappa shape index (κ1) is 27.8. The van der Waals surface area contributed by atoms with Gasteiger partial charge in [0.05, 0.1) is 0 Å². The third-order valence-electron chi connectivity index (χ3n) is 4.45. The molecule has 0 aromatic heterocycles. The summed E-state index contributed by atoms with van der Waals surface area (Å²) >= 11 is 0. The van der Waals surface area contributed by atoms with Crippen LogP contribution in [-0.2, 0) is 9.59 Å². The summed E-state index contributed by atoms with van der Waals surface area (Å²) in [5.74, 6) is -1.03. The van der Waals surface area contributed by atoms with Crippen molar-refractivity contribution in [1.82, 2.24) is 4.90 Å². The number of carboxylic acids is 1. The van der Waals surface area contributed by atoms with Gasteiger partial charge in [-0.05, 0) is 32.1 Å². The molecule has 1 N–H and O–H groups in total. The van der Waals surface area contributed by atoms with Gasteiger partial charge >= 0.3 is 5.97 Å². The van der Waals surface area contributed by atoms with Crippen LogP contribution in [0.2, 0.25) is 0 Å². The van der Waals surface area contributed by atoms with Crippen molar-refractivity contribution in [3.05, 3.63) is 12.2 Å². The van der Waals surface area contributed by atoms with Crippen LogP contribution in [-0.4, -0.2) is 62.8 Å². The summed E-state index contributed by atoms with van der Waals surface area (Å²) in [6.45, 7) is 2.05. The number of allylic oxidation sites excluding steroid dienone is 2. The van der Waals surface area contributed by atoms with Crippen LogP contribution in [0.4, 0.5) is 0 Å². The number of carboxylic acid groups (broad SMARTS) is 1. The molecule has 0 aromatic rings. The number of rotatable bonds is 17. The molecule has 0 aromatic carbocycles. The van der Waals surface area contributed by atoms with Gasteiger partial charge < -0.3 is 10.0 Å². The molecule has 0 rings (SSSR count). The monoisotopic (exact) mass is 561 g/mol. The Morgan fingerprint density at radius 2 is 1.27 bits per heavy atom. The molecule has 0 spiro atoms. The van der Waals surface area contributed by atoms with Crippen LogP contribution in [0, 0.1) is 0 Å². The molecule has 0 saturated heterocycles. The maximum atomic E-state index is 11.7. The van der Waals surface area contributed by atoms with E-state index in [0.29, 0.717) is 6.42 Å². The Bertz CT molecular complexity index is 372. The quantitative estimate of drug-likeness (QED) is 0.151. The van der Waals surface area contributed by atoms with Crippen molar-refractivity contribution in [3.8, 4) is 0 Å². The van der Waals surface area contributed by atoms with E-state index < -0.39 is 5.97 Å². The van der Waals surface area contributed by atoms with E-state index in [-0.39, 0.29) is 39.8 Å². The van der Waals surface area contributed by atoms with E-state index in [2.05, 4.69) is 19.1 Å². The Labute approximate surface area is 181 Å². The Kier molecular flexibility index (Phi) is 22.4. The summed E-state index contributed by atoms with van der Waals surface area (Å²) in [5, 5.41) is 8.64. The number of carbonyl (C=O) groups is 2. The van der Waals surface area contributed by atoms with Gasteiger partial charge in [0.15, 0.2) is 0 Å². The zero-order valence-electron chi connectivity index (χ0n) is 17.0. The molecule has 0 aliphatic heterocycles. The van der Waals surface area contributed by atoms with E-state index in [1.54, 1.807) is 7.05 Å².